The van der Waals surface area contributed by atoms with Crippen LogP contribution < -0.4 is 0 Å². The maximum absolute atomic E-state index is 12.4. The first kappa shape index (κ1) is 14.9. The number of aryl methyl sites for hydroxylation is 1. The molecule has 18 heavy (non-hydrogen) atoms. The van der Waals surface area contributed by atoms with Gasteiger partial charge in [-0.1, -0.05) is 45.4 Å². The minimum Gasteiger partial charge on any atom is -0.370 e. The van der Waals surface area contributed by atoms with E-state index in [-0.39, 0.29) is 17.8 Å². The lowest BCUT2D eigenvalue weighted by atomic mass is 9.95. The molecular weight excluding hydrogens is 224 g/mol. The molecule has 2 nitrogen and oxygen atoms in total. The predicted octanol–water partition coefficient (Wildman–Crippen LogP) is 3.88. The van der Waals surface area contributed by atoms with Crippen molar-refractivity contribution in [2.24, 2.45) is 5.92 Å². The number of Topliss-reactive ketones (excluding diaryl/α,β-unsaturated/α-hetero) is 1. The van der Waals surface area contributed by atoms with Gasteiger partial charge in [-0.3, -0.25) is 4.79 Å². The van der Waals surface area contributed by atoms with Crippen LogP contribution in [-0.4, -0.2) is 18.5 Å². The lowest BCUT2D eigenvalue weighted by Gasteiger charge is -2.19. The molecule has 2 heteroatoms. The number of rotatable bonds is 7. The molecule has 0 aromatic heterocycles. The lowest BCUT2D eigenvalue weighted by molar-refractivity contribution is 0.0279. The molecule has 0 saturated carbocycles. The zero-order valence-corrected chi connectivity index (χ0v) is 11.9. The summed E-state index contributed by atoms with van der Waals surface area (Å²) in [6.07, 6.45) is 1.78. The quantitative estimate of drug-likeness (QED) is 0.684. The molecule has 0 aliphatic carbocycles. The smallest absolute Gasteiger partial charge is 0.191 e. The highest BCUT2D eigenvalue weighted by molar-refractivity contribution is 5.99. The van der Waals surface area contributed by atoms with Crippen molar-refractivity contribution < 1.29 is 9.53 Å². The van der Waals surface area contributed by atoms with Gasteiger partial charge in [0.25, 0.3) is 0 Å². The molecule has 0 saturated heterocycles. The normalized spacial score (nSPS) is 12.7. The van der Waals surface area contributed by atoms with Gasteiger partial charge in [0.1, 0.15) is 6.10 Å². The van der Waals surface area contributed by atoms with E-state index in [0.717, 1.165) is 18.4 Å². The third-order valence-corrected chi connectivity index (χ3v) is 2.96. The van der Waals surface area contributed by atoms with E-state index in [2.05, 4.69) is 13.0 Å². The van der Waals surface area contributed by atoms with E-state index in [1.165, 1.54) is 5.56 Å². The fourth-order valence-corrected chi connectivity index (χ4v) is 2.08. The predicted molar refractivity (Wildman–Crippen MR) is 75.0 cm³/mol. The summed E-state index contributed by atoms with van der Waals surface area (Å²) in [5, 5.41) is 0. The monoisotopic (exact) mass is 248 g/mol. The third-order valence-electron chi connectivity index (χ3n) is 2.96. The Labute approximate surface area is 110 Å². The summed E-state index contributed by atoms with van der Waals surface area (Å²) >= 11 is 0. The Bertz CT molecular complexity index is 382. The van der Waals surface area contributed by atoms with Crippen LogP contribution in [0.4, 0.5) is 0 Å². The van der Waals surface area contributed by atoms with Gasteiger partial charge < -0.3 is 4.74 Å². The first-order valence-corrected chi connectivity index (χ1v) is 6.84. The van der Waals surface area contributed by atoms with Crippen LogP contribution in [0.2, 0.25) is 0 Å². The Morgan fingerprint density at radius 1 is 1.28 bits per heavy atom. The first-order chi connectivity index (χ1) is 8.60. The Morgan fingerprint density at radius 2 is 2.00 bits per heavy atom. The van der Waals surface area contributed by atoms with E-state index >= 15 is 0 Å². The molecule has 1 atom stereocenters. The number of ketones is 1. The van der Waals surface area contributed by atoms with Crippen LogP contribution in [0.5, 0.6) is 0 Å². The van der Waals surface area contributed by atoms with Gasteiger partial charge >= 0.3 is 0 Å². The van der Waals surface area contributed by atoms with Gasteiger partial charge in [0, 0.05) is 12.2 Å². The van der Waals surface area contributed by atoms with Crippen LogP contribution in [-0.2, 0) is 11.2 Å². The highest BCUT2D eigenvalue weighted by Crippen LogP contribution is 2.16. The third kappa shape index (κ3) is 3.95. The van der Waals surface area contributed by atoms with Gasteiger partial charge in [0.15, 0.2) is 5.78 Å². The highest BCUT2D eigenvalue weighted by atomic mass is 16.5. The Hall–Kier alpha value is -1.15. The maximum Gasteiger partial charge on any atom is 0.191 e. The Balaban J connectivity index is 2.90. The van der Waals surface area contributed by atoms with Crippen molar-refractivity contribution in [3.63, 3.8) is 0 Å². The minimum atomic E-state index is -0.327. The highest BCUT2D eigenvalue weighted by Gasteiger charge is 2.23. The van der Waals surface area contributed by atoms with Crippen LogP contribution in [0, 0.1) is 5.92 Å². The zero-order valence-electron chi connectivity index (χ0n) is 11.9. The summed E-state index contributed by atoms with van der Waals surface area (Å²) in [6, 6.07) is 7.92. The number of benzene rings is 1. The fourth-order valence-electron chi connectivity index (χ4n) is 2.08. The summed E-state index contributed by atoms with van der Waals surface area (Å²) in [5.41, 5.74) is 2.00. The standard InChI is InChI=1S/C16H24O2/c1-5-8-13-9-7-10-14(11-13)15(17)16(12(3)4)18-6-2/h7,9-12,16H,5-6,8H2,1-4H3. The molecule has 0 heterocycles. The van der Waals surface area contributed by atoms with Gasteiger partial charge in [-0.25, -0.2) is 0 Å². The molecule has 1 rings (SSSR count). The lowest BCUT2D eigenvalue weighted by Crippen LogP contribution is -2.30. The minimum absolute atomic E-state index is 0.102. The first-order valence-electron chi connectivity index (χ1n) is 6.84. The Morgan fingerprint density at radius 3 is 2.56 bits per heavy atom. The second-order valence-electron chi connectivity index (χ2n) is 4.93. The van der Waals surface area contributed by atoms with E-state index in [0.29, 0.717) is 6.61 Å². The fraction of sp³-hybridized carbons (Fsp3) is 0.562. The molecule has 0 aliphatic rings. The Kier molecular flexibility index (Phi) is 6.06. The molecular formula is C16H24O2. The van der Waals surface area contributed by atoms with Crippen LogP contribution >= 0.6 is 0 Å². The summed E-state index contributed by atoms with van der Waals surface area (Å²) in [6.45, 7) is 8.69. The SMILES string of the molecule is CCCc1cccc(C(=O)C(OCC)C(C)C)c1. The maximum atomic E-state index is 12.4. The molecule has 0 N–H and O–H groups in total. The van der Waals surface area contributed by atoms with Crippen molar-refractivity contribution in [1.29, 1.82) is 0 Å². The molecule has 1 aromatic rings. The number of carbonyl (C=O) groups is 1. The van der Waals surface area contributed by atoms with Gasteiger partial charge in [-0.05, 0) is 30.9 Å². The summed E-state index contributed by atoms with van der Waals surface area (Å²) in [5.74, 6) is 0.303. The van der Waals surface area contributed by atoms with E-state index in [9.17, 15) is 4.79 Å². The second-order valence-corrected chi connectivity index (χ2v) is 4.93. The number of hydrogen-bond acceptors (Lipinski definition) is 2. The van der Waals surface area contributed by atoms with Crippen molar-refractivity contribution in [3.05, 3.63) is 35.4 Å². The average Bonchev–Trinajstić information content (AvgIpc) is 2.35. The molecule has 100 valence electrons. The van der Waals surface area contributed by atoms with Crippen molar-refractivity contribution in [3.8, 4) is 0 Å². The molecule has 0 bridgehead atoms. The van der Waals surface area contributed by atoms with E-state index < -0.39 is 0 Å². The number of carbonyl (C=O) groups excluding carboxylic acids is 1. The van der Waals surface area contributed by atoms with Crippen LogP contribution in [0.15, 0.2) is 24.3 Å². The number of ether oxygens (including phenoxy) is 1. The van der Waals surface area contributed by atoms with Crippen molar-refractivity contribution in [2.75, 3.05) is 6.61 Å². The van der Waals surface area contributed by atoms with E-state index in [1.807, 2.05) is 39.0 Å². The number of hydrogen-bond donors (Lipinski definition) is 0. The van der Waals surface area contributed by atoms with Gasteiger partial charge in [-0.15, -0.1) is 0 Å². The van der Waals surface area contributed by atoms with Crippen LogP contribution in [0.1, 0.15) is 50.0 Å². The molecule has 1 aromatic carbocycles. The summed E-state index contributed by atoms with van der Waals surface area (Å²) in [7, 11) is 0. The average molecular weight is 248 g/mol. The van der Waals surface area contributed by atoms with E-state index in [1.54, 1.807) is 0 Å². The molecule has 1 unspecified atom stereocenters. The van der Waals surface area contributed by atoms with Crippen molar-refractivity contribution in [1.82, 2.24) is 0 Å². The van der Waals surface area contributed by atoms with Gasteiger partial charge in [0.2, 0.25) is 0 Å². The molecule has 0 radical (unpaired) electrons. The van der Waals surface area contributed by atoms with Crippen LogP contribution in [0.3, 0.4) is 0 Å². The zero-order chi connectivity index (χ0) is 13.5. The molecule has 0 aliphatic heterocycles. The molecule has 0 amide bonds. The molecule has 0 spiro atoms. The van der Waals surface area contributed by atoms with Crippen molar-refractivity contribution >= 4 is 5.78 Å². The van der Waals surface area contributed by atoms with Gasteiger partial charge in [-0.2, -0.15) is 0 Å². The second kappa shape index (κ2) is 7.32. The summed E-state index contributed by atoms with van der Waals surface area (Å²) < 4.78 is 5.57. The van der Waals surface area contributed by atoms with E-state index in [4.69, 9.17) is 4.74 Å². The largest absolute Gasteiger partial charge is 0.370 e. The van der Waals surface area contributed by atoms with Gasteiger partial charge in [0.05, 0.1) is 0 Å². The van der Waals surface area contributed by atoms with Crippen molar-refractivity contribution in [2.45, 2.75) is 46.6 Å². The topological polar surface area (TPSA) is 26.3 Å². The summed E-state index contributed by atoms with van der Waals surface area (Å²) in [4.78, 5) is 12.4. The molecule has 0 fully saturated rings. The van der Waals surface area contributed by atoms with Crippen LogP contribution in [0.25, 0.3) is 0 Å².